The molecule has 0 spiro atoms. The van der Waals surface area contributed by atoms with Crippen molar-refractivity contribution in [2.45, 2.75) is 45.1 Å². The van der Waals surface area contributed by atoms with Crippen molar-refractivity contribution in [3.8, 4) is 0 Å². The van der Waals surface area contributed by atoms with E-state index in [-0.39, 0.29) is 0 Å². The van der Waals surface area contributed by atoms with Gasteiger partial charge in [-0.2, -0.15) is 5.10 Å². The molecule has 1 N–H and O–H groups in total. The lowest BCUT2D eigenvalue weighted by atomic mass is 9.77. The number of nitrogens with one attached hydrogen (secondary N) is 1. The molecule has 0 unspecified atom stereocenters. The lowest BCUT2D eigenvalue weighted by Crippen LogP contribution is -2.49. The molecular weight excluding hydrogens is 198 g/mol. The molecule has 3 nitrogen and oxygen atoms in total. The summed E-state index contributed by atoms with van der Waals surface area (Å²) in [4.78, 5) is 2.71. The fraction of sp³-hybridized carbons (Fsp3) is 0.769. The lowest BCUT2D eigenvalue weighted by Gasteiger charge is -2.43. The topological polar surface area (TPSA) is 31.9 Å². The second-order valence-corrected chi connectivity index (χ2v) is 5.29. The van der Waals surface area contributed by atoms with Gasteiger partial charge in [-0.15, -0.1) is 0 Å². The third-order valence-corrected chi connectivity index (χ3v) is 4.25. The molecule has 0 bridgehead atoms. The summed E-state index contributed by atoms with van der Waals surface area (Å²) in [5.41, 5.74) is 2.86. The summed E-state index contributed by atoms with van der Waals surface area (Å²) in [5, 5.41) is 7.37. The molecule has 0 saturated carbocycles. The Morgan fingerprint density at radius 2 is 2.44 bits per heavy atom. The highest BCUT2D eigenvalue weighted by atomic mass is 15.2. The molecule has 3 rings (SSSR count). The first-order chi connectivity index (χ1) is 7.88. The average molecular weight is 219 g/mol. The number of piperidine rings is 1. The molecule has 88 valence electrons. The number of nitrogens with zero attached hydrogens (tertiary/aromatic N) is 2. The minimum absolute atomic E-state index is 0.779. The van der Waals surface area contributed by atoms with Crippen LogP contribution >= 0.6 is 0 Å². The summed E-state index contributed by atoms with van der Waals surface area (Å²) in [6.45, 7) is 4.86. The Kier molecular flexibility index (Phi) is 2.72. The molecule has 1 aromatic heterocycles. The van der Waals surface area contributed by atoms with Gasteiger partial charge >= 0.3 is 0 Å². The molecule has 0 amide bonds. The van der Waals surface area contributed by atoms with Crippen molar-refractivity contribution < 1.29 is 0 Å². The quantitative estimate of drug-likeness (QED) is 0.825. The molecule has 1 fully saturated rings. The Labute approximate surface area is 97.2 Å². The van der Waals surface area contributed by atoms with Gasteiger partial charge in [0.1, 0.15) is 0 Å². The van der Waals surface area contributed by atoms with E-state index in [2.05, 4.69) is 22.0 Å². The second-order valence-electron chi connectivity index (χ2n) is 5.29. The molecule has 1 aromatic rings. The summed E-state index contributed by atoms with van der Waals surface area (Å²) in [5.74, 6) is 0.880. The molecule has 2 heterocycles. The number of aromatic amines is 1. The van der Waals surface area contributed by atoms with Gasteiger partial charge in [0.05, 0.1) is 6.20 Å². The summed E-state index contributed by atoms with van der Waals surface area (Å²) in [6, 6.07) is 0.779. The minimum atomic E-state index is 0.779. The largest absolute Gasteiger partial charge is 0.300 e. The van der Waals surface area contributed by atoms with Crippen LogP contribution in [0.3, 0.4) is 0 Å². The van der Waals surface area contributed by atoms with Crippen molar-refractivity contribution in [1.29, 1.82) is 0 Å². The van der Waals surface area contributed by atoms with Gasteiger partial charge in [-0.1, -0.05) is 6.92 Å². The smallest absolute Gasteiger partial charge is 0.0522 e. The maximum absolute atomic E-state index is 4.19. The van der Waals surface area contributed by atoms with Crippen LogP contribution in [0.15, 0.2) is 6.20 Å². The summed E-state index contributed by atoms with van der Waals surface area (Å²) in [7, 11) is 0. The van der Waals surface area contributed by atoms with Crippen molar-refractivity contribution in [3.05, 3.63) is 17.5 Å². The molecule has 0 aromatic carbocycles. The predicted octanol–water partition coefficient (Wildman–Crippen LogP) is 2.00. The van der Waals surface area contributed by atoms with Crippen LogP contribution in [0.25, 0.3) is 0 Å². The van der Waals surface area contributed by atoms with Gasteiger partial charge in [0, 0.05) is 18.2 Å². The van der Waals surface area contributed by atoms with Crippen molar-refractivity contribution in [1.82, 2.24) is 15.1 Å². The average Bonchev–Trinajstić information content (AvgIpc) is 2.74. The first kappa shape index (κ1) is 10.3. The predicted molar refractivity (Wildman–Crippen MR) is 64.4 cm³/mol. The molecule has 3 heteroatoms. The van der Waals surface area contributed by atoms with E-state index >= 15 is 0 Å². The molecule has 16 heavy (non-hydrogen) atoms. The van der Waals surface area contributed by atoms with E-state index in [9.17, 15) is 0 Å². The zero-order valence-electron chi connectivity index (χ0n) is 10.1. The van der Waals surface area contributed by atoms with Gasteiger partial charge in [-0.25, -0.2) is 0 Å². The zero-order valence-corrected chi connectivity index (χ0v) is 10.1. The highest BCUT2D eigenvalue weighted by Gasteiger charge is 2.35. The van der Waals surface area contributed by atoms with Crippen LogP contribution in [0.4, 0.5) is 0 Å². The van der Waals surface area contributed by atoms with Crippen LogP contribution in [0.1, 0.15) is 37.4 Å². The molecule has 1 aliphatic heterocycles. The van der Waals surface area contributed by atoms with Crippen LogP contribution in [0.2, 0.25) is 0 Å². The highest BCUT2D eigenvalue weighted by Crippen LogP contribution is 2.34. The first-order valence-corrected chi connectivity index (χ1v) is 6.63. The van der Waals surface area contributed by atoms with Crippen LogP contribution in [-0.2, 0) is 12.8 Å². The minimum Gasteiger partial charge on any atom is -0.300 e. The molecule has 0 radical (unpaired) electrons. The van der Waals surface area contributed by atoms with Crippen molar-refractivity contribution in [2.75, 3.05) is 13.1 Å². The Bertz CT molecular complexity index is 356. The Hall–Kier alpha value is -0.830. The highest BCUT2D eigenvalue weighted by molar-refractivity contribution is 5.23. The summed E-state index contributed by atoms with van der Waals surface area (Å²) in [6.07, 6.45) is 8.55. The third kappa shape index (κ3) is 1.67. The van der Waals surface area contributed by atoms with Gasteiger partial charge in [0.2, 0.25) is 0 Å². The van der Waals surface area contributed by atoms with E-state index in [0.717, 1.165) is 12.0 Å². The van der Waals surface area contributed by atoms with E-state index in [4.69, 9.17) is 0 Å². The van der Waals surface area contributed by atoms with Crippen molar-refractivity contribution in [2.24, 2.45) is 5.92 Å². The fourth-order valence-electron chi connectivity index (χ4n) is 3.49. The fourth-order valence-corrected chi connectivity index (χ4v) is 3.49. The monoisotopic (exact) mass is 219 g/mol. The van der Waals surface area contributed by atoms with Crippen molar-refractivity contribution in [3.63, 3.8) is 0 Å². The van der Waals surface area contributed by atoms with E-state index in [1.54, 1.807) is 0 Å². The number of H-pyrrole nitrogens is 1. The van der Waals surface area contributed by atoms with Crippen molar-refractivity contribution >= 4 is 0 Å². The lowest BCUT2D eigenvalue weighted by molar-refractivity contribution is 0.0848. The van der Waals surface area contributed by atoms with Gasteiger partial charge in [0.25, 0.3) is 0 Å². The van der Waals surface area contributed by atoms with Gasteiger partial charge in [-0.05, 0) is 50.3 Å². The van der Waals surface area contributed by atoms with E-state index in [1.165, 1.54) is 56.5 Å². The van der Waals surface area contributed by atoms with Gasteiger partial charge < -0.3 is 0 Å². The van der Waals surface area contributed by atoms with Gasteiger partial charge in [0.15, 0.2) is 0 Å². The Morgan fingerprint density at radius 1 is 1.50 bits per heavy atom. The summed E-state index contributed by atoms with van der Waals surface area (Å²) < 4.78 is 0. The third-order valence-electron chi connectivity index (χ3n) is 4.25. The molecule has 2 aliphatic rings. The van der Waals surface area contributed by atoms with E-state index in [1.807, 2.05) is 6.20 Å². The number of hydrogen-bond acceptors (Lipinski definition) is 2. The molecule has 1 saturated heterocycles. The van der Waals surface area contributed by atoms with Crippen LogP contribution in [0, 0.1) is 5.92 Å². The molecular formula is C13H21N3. The number of hydrogen-bond donors (Lipinski definition) is 1. The number of aromatic nitrogens is 2. The van der Waals surface area contributed by atoms with Gasteiger partial charge in [-0.3, -0.25) is 10.00 Å². The van der Waals surface area contributed by atoms with E-state index in [0.29, 0.717) is 0 Å². The maximum Gasteiger partial charge on any atom is 0.0522 e. The zero-order chi connectivity index (χ0) is 11.0. The summed E-state index contributed by atoms with van der Waals surface area (Å²) >= 11 is 0. The molecule has 2 atom stereocenters. The maximum atomic E-state index is 4.19. The van der Waals surface area contributed by atoms with Crippen LogP contribution in [-0.4, -0.2) is 34.2 Å². The molecule has 1 aliphatic carbocycles. The number of likely N-dealkylation sites (tertiary alicyclic amines) is 1. The SMILES string of the molecule is CCCN1CCC[C@@H]2Cc3cn[nH]c3C[C@H]21. The number of rotatable bonds is 2. The normalized spacial score (nSPS) is 29.8. The second kappa shape index (κ2) is 4.21. The van der Waals surface area contributed by atoms with Crippen LogP contribution in [0.5, 0.6) is 0 Å². The number of fused-ring (bicyclic) bond motifs is 2. The van der Waals surface area contributed by atoms with E-state index < -0.39 is 0 Å². The standard InChI is InChI=1S/C13H21N3/c1-2-5-16-6-3-4-10-7-11-9-14-15-12(11)8-13(10)16/h9-10,13H,2-8H2,1H3,(H,14,15)/t10-,13-/m1/s1. The Morgan fingerprint density at radius 3 is 3.31 bits per heavy atom. The van der Waals surface area contributed by atoms with Crippen LogP contribution < -0.4 is 0 Å². The Balaban J connectivity index is 1.81. The first-order valence-electron chi connectivity index (χ1n) is 6.63.